The third-order valence-corrected chi connectivity index (χ3v) is 7.68. The molecule has 8 heteroatoms. The first-order valence-corrected chi connectivity index (χ1v) is 13.8. The van der Waals surface area contributed by atoms with Gasteiger partial charge in [-0.3, -0.25) is 9.59 Å². The summed E-state index contributed by atoms with van der Waals surface area (Å²) in [5.41, 5.74) is 6.91. The zero-order valence-electron chi connectivity index (χ0n) is 25.6. The molecule has 0 atom stereocenters. The molecule has 0 fully saturated rings. The molecule has 0 saturated heterocycles. The predicted molar refractivity (Wildman–Crippen MR) is 167 cm³/mol. The van der Waals surface area contributed by atoms with Gasteiger partial charge in [-0.1, -0.05) is 24.8 Å². The Bertz CT molecular complexity index is 1730. The van der Waals surface area contributed by atoms with Crippen molar-refractivity contribution in [3.05, 3.63) is 107 Å². The molecule has 4 aromatic carbocycles. The lowest BCUT2D eigenvalue weighted by molar-refractivity contribution is 0.0983. The largest absolute Gasteiger partial charge is 0.496 e. The van der Waals surface area contributed by atoms with Gasteiger partial charge in [-0.05, 0) is 96.1 Å². The summed E-state index contributed by atoms with van der Waals surface area (Å²) in [7, 11) is 6.16. The number of rotatable bonds is 7. The molecule has 6 nitrogen and oxygen atoms in total. The Morgan fingerprint density at radius 2 is 1.32 bits per heavy atom. The number of ether oxygens (including phenoxy) is 4. The first-order valence-electron chi connectivity index (χ1n) is 13.8. The van der Waals surface area contributed by atoms with E-state index in [-0.39, 0.29) is 22.9 Å². The molecule has 0 heterocycles. The minimum absolute atomic E-state index is 0.0157. The van der Waals surface area contributed by atoms with Crippen LogP contribution in [0, 0.1) is 25.5 Å². The van der Waals surface area contributed by atoms with E-state index in [0.717, 1.165) is 39.6 Å². The normalized spacial score (nSPS) is 11.7. The van der Waals surface area contributed by atoms with Crippen LogP contribution >= 0.6 is 0 Å². The number of hydrogen-bond donors (Lipinski definition) is 0. The highest BCUT2D eigenvalue weighted by Crippen LogP contribution is 2.42. The highest BCUT2D eigenvalue weighted by Gasteiger charge is 2.25. The predicted octanol–water partition coefficient (Wildman–Crippen LogP) is 8.13. The second-order valence-corrected chi connectivity index (χ2v) is 10.2. The van der Waals surface area contributed by atoms with Crippen LogP contribution < -0.4 is 18.9 Å². The van der Waals surface area contributed by atoms with Crippen LogP contribution in [0.3, 0.4) is 0 Å². The fourth-order valence-corrected chi connectivity index (χ4v) is 5.38. The Labute approximate surface area is 255 Å². The molecule has 0 unspecified atom stereocenters. The average Bonchev–Trinajstić information content (AvgIpc) is 3.16. The number of benzene rings is 4. The van der Waals surface area contributed by atoms with Crippen molar-refractivity contribution in [1.29, 1.82) is 0 Å². The number of carbonyl (C=O) groups excluding carboxylic acids is 2. The lowest BCUT2D eigenvalue weighted by Crippen LogP contribution is -2.00. The van der Waals surface area contributed by atoms with Crippen molar-refractivity contribution in [3.63, 3.8) is 0 Å². The topological polar surface area (TPSA) is 71.1 Å². The van der Waals surface area contributed by atoms with Gasteiger partial charge in [-0.25, -0.2) is 8.78 Å². The van der Waals surface area contributed by atoms with Gasteiger partial charge in [0.2, 0.25) is 5.75 Å². The molecule has 0 aromatic heterocycles. The summed E-state index contributed by atoms with van der Waals surface area (Å²) < 4.78 is 48.5. The minimum Gasteiger partial charge on any atom is -0.496 e. The van der Waals surface area contributed by atoms with Crippen LogP contribution in [0.4, 0.5) is 8.78 Å². The molecule has 1 aliphatic rings. The molecule has 0 spiro atoms. The smallest absolute Gasteiger partial charge is 0.203 e. The SMILES string of the molecule is C=CC(=O)c1cc(F)ccc1-c1cc(OC)c(OC)c(OC)c1.COc1c(C)c(C)cc2c1CCC(=O)c1cc(F)ccc1-2. The van der Waals surface area contributed by atoms with Crippen molar-refractivity contribution in [3.8, 4) is 45.3 Å². The summed E-state index contributed by atoms with van der Waals surface area (Å²) in [6, 6.07) is 13.9. The van der Waals surface area contributed by atoms with Crippen LogP contribution in [0.2, 0.25) is 0 Å². The highest BCUT2D eigenvalue weighted by atomic mass is 19.1. The van der Waals surface area contributed by atoms with Crippen molar-refractivity contribution >= 4 is 11.6 Å². The van der Waals surface area contributed by atoms with Gasteiger partial charge in [0, 0.05) is 23.1 Å². The molecule has 228 valence electrons. The van der Waals surface area contributed by atoms with Gasteiger partial charge in [-0.2, -0.15) is 0 Å². The van der Waals surface area contributed by atoms with Gasteiger partial charge in [0.15, 0.2) is 23.1 Å². The molecule has 0 N–H and O–H groups in total. The zero-order chi connectivity index (χ0) is 32.1. The van der Waals surface area contributed by atoms with Crippen molar-refractivity contribution in [1.82, 2.24) is 0 Å². The average molecular weight is 601 g/mol. The van der Waals surface area contributed by atoms with Crippen LogP contribution in [0.1, 0.15) is 43.8 Å². The number of ketones is 2. The maximum atomic E-state index is 13.5. The van der Waals surface area contributed by atoms with Gasteiger partial charge >= 0.3 is 0 Å². The number of halogens is 2. The monoisotopic (exact) mass is 600 g/mol. The first kappa shape index (κ1) is 31.9. The van der Waals surface area contributed by atoms with Gasteiger partial charge in [0.25, 0.3) is 0 Å². The van der Waals surface area contributed by atoms with E-state index in [2.05, 4.69) is 12.6 Å². The molecule has 1 aliphatic carbocycles. The number of hydrogen-bond acceptors (Lipinski definition) is 6. The van der Waals surface area contributed by atoms with Crippen LogP contribution in [0.5, 0.6) is 23.0 Å². The fourth-order valence-electron chi connectivity index (χ4n) is 5.38. The van der Waals surface area contributed by atoms with E-state index in [1.165, 1.54) is 51.7 Å². The summed E-state index contributed by atoms with van der Waals surface area (Å²) in [5.74, 6) is 0.929. The number of fused-ring (bicyclic) bond motifs is 3. The van der Waals surface area contributed by atoms with E-state index in [1.54, 1.807) is 25.3 Å². The Kier molecular flexibility index (Phi) is 9.83. The third-order valence-electron chi connectivity index (χ3n) is 7.68. The molecule has 5 rings (SSSR count). The molecular formula is C36H34F2O6. The van der Waals surface area contributed by atoms with E-state index in [9.17, 15) is 18.4 Å². The minimum atomic E-state index is -0.494. The zero-order valence-corrected chi connectivity index (χ0v) is 25.6. The third kappa shape index (κ3) is 6.20. The summed E-state index contributed by atoms with van der Waals surface area (Å²) in [6.07, 6.45) is 2.15. The molecule has 0 amide bonds. The van der Waals surface area contributed by atoms with Crippen molar-refractivity contribution in [2.24, 2.45) is 0 Å². The Morgan fingerprint density at radius 3 is 1.89 bits per heavy atom. The van der Waals surface area contributed by atoms with E-state index in [4.69, 9.17) is 18.9 Å². The maximum absolute atomic E-state index is 13.5. The first-order chi connectivity index (χ1) is 21.1. The molecule has 4 aromatic rings. The Hall–Kier alpha value is -4.98. The van der Waals surface area contributed by atoms with Crippen LogP contribution in [0.25, 0.3) is 22.3 Å². The fraction of sp³-hybridized carbons (Fsp3) is 0.222. The van der Waals surface area contributed by atoms with E-state index < -0.39 is 5.82 Å². The van der Waals surface area contributed by atoms with Crippen LogP contribution in [-0.4, -0.2) is 40.0 Å². The van der Waals surface area contributed by atoms with Crippen molar-refractivity contribution in [2.75, 3.05) is 28.4 Å². The second-order valence-electron chi connectivity index (χ2n) is 10.2. The van der Waals surface area contributed by atoms with Gasteiger partial charge < -0.3 is 18.9 Å². The molecule has 0 aliphatic heterocycles. The lowest BCUT2D eigenvalue weighted by atomic mass is 9.91. The number of methoxy groups -OCH3 is 4. The van der Waals surface area contributed by atoms with Crippen LogP contribution in [-0.2, 0) is 6.42 Å². The molecule has 44 heavy (non-hydrogen) atoms. The summed E-state index contributed by atoms with van der Waals surface area (Å²) >= 11 is 0. The van der Waals surface area contributed by atoms with Gasteiger partial charge in [0.1, 0.15) is 17.4 Å². The second kappa shape index (κ2) is 13.5. The van der Waals surface area contributed by atoms with E-state index in [0.29, 0.717) is 46.8 Å². The summed E-state index contributed by atoms with van der Waals surface area (Å²) in [6.45, 7) is 7.50. The lowest BCUT2D eigenvalue weighted by Gasteiger charge is -2.17. The molecular weight excluding hydrogens is 566 g/mol. The summed E-state index contributed by atoms with van der Waals surface area (Å²) in [5, 5.41) is 0. The number of Topliss-reactive ketones (excluding diaryl/α,β-unsaturated/α-hetero) is 1. The quantitative estimate of drug-likeness (QED) is 0.158. The van der Waals surface area contributed by atoms with Crippen molar-refractivity contribution in [2.45, 2.75) is 26.7 Å². The molecule has 0 radical (unpaired) electrons. The highest BCUT2D eigenvalue weighted by molar-refractivity contribution is 6.09. The van der Waals surface area contributed by atoms with E-state index in [1.807, 2.05) is 13.8 Å². The molecule has 0 saturated carbocycles. The summed E-state index contributed by atoms with van der Waals surface area (Å²) in [4.78, 5) is 24.3. The van der Waals surface area contributed by atoms with E-state index >= 15 is 0 Å². The maximum Gasteiger partial charge on any atom is 0.203 e. The van der Waals surface area contributed by atoms with Crippen LogP contribution in [0.15, 0.2) is 67.3 Å². The number of allylic oxidation sites excluding steroid dienone is 1. The Balaban J connectivity index is 0.000000201. The number of carbonyl (C=O) groups is 2. The van der Waals surface area contributed by atoms with Gasteiger partial charge in [-0.15, -0.1) is 0 Å². The standard InChI is InChI=1S/C18H17FO4.C18H17FO2/c1-5-15(20)14-10-12(19)6-7-13(14)11-8-16(21-2)18(23-4)17(9-11)22-3;1-10-8-15-13-5-4-12(19)9-16(13)17(20)7-6-14(15)18(21-3)11(10)2/h5-10H,1H2,2-4H3;4-5,8-9H,6-7H2,1-3H3. The molecule has 0 bridgehead atoms. The van der Waals surface area contributed by atoms with Gasteiger partial charge in [0.05, 0.1) is 28.4 Å². The Morgan fingerprint density at radius 1 is 0.727 bits per heavy atom. The van der Waals surface area contributed by atoms with Crippen molar-refractivity contribution < 1.29 is 37.3 Å². The number of aryl methyl sites for hydroxylation is 1.